The minimum Gasteiger partial charge on any atom is -0.248 e. The molecule has 0 saturated heterocycles. The van der Waals surface area contributed by atoms with Gasteiger partial charge in [0.25, 0.3) is 6.43 Å². The second kappa shape index (κ2) is 4.97. The molecule has 6 heteroatoms. The fraction of sp³-hybridized carbons (Fsp3) is 0.286. The Bertz CT molecular complexity index is 320. The molecule has 1 aromatic rings. The second-order valence-corrected chi connectivity index (χ2v) is 4.62. The van der Waals surface area contributed by atoms with Crippen molar-refractivity contribution in [2.45, 2.75) is 11.8 Å². The fourth-order valence-electron chi connectivity index (χ4n) is 0.836. The quantitative estimate of drug-likeness (QED) is 0.391. The Morgan fingerprint density at radius 1 is 1.54 bits per heavy atom. The van der Waals surface area contributed by atoms with Crippen LogP contribution >= 0.6 is 54.5 Å². The summed E-state index contributed by atoms with van der Waals surface area (Å²) in [6.07, 6.45) is -1.27. The van der Waals surface area contributed by atoms with E-state index in [4.69, 9.17) is 0 Å². The summed E-state index contributed by atoms with van der Waals surface area (Å²) in [7, 11) is 0. The molecule has 13 heavy (non-hydrogen) atoms. The highest BCUT2D eigenvalue weighted by Crippen LogP contribution is 2.30. The predicted molar refractivity (Wildman–Crippen MR) is 62.2 cm³/mol. The van der Waals surface area contributed by atoms with Gasteiger partial charge in [-0.3, -0.25) is 0 Å². The zero-order valence-electron chi connectivity index (χ0n) is 6.20. The van der Waals surface area contributed by atoms with Gasteiger partial charge in [0.15, 0.2) is 0 Å². The van der Waals surface area contributed by atoms with Gasteiger partial charge in [-0.1, -0.05) is 15.9 Å². The van der Waals surface area contributed by atoms with Crippen molar-refractivity contribution in [3.63, 3.8) is 0 Å². The number of pyridine rings is 1. The first kappa shape index (κ1) is 11.8. The lowest BCUT2D eigenvalue weighted by Crippen LogP contribution is -1.98. The highest BCUT2D eigenvalue weighted by molar-refractivity contribution is 14.1. The van der Waals surface area contributed by atoms with E-state index in [1.165, 1.54) is 6.20 Å². The van der Waals surface area contributed by atoms with Gasteiger partial charge in [0, 0.05) is 17.1 Å². The molecule has 1 aromatic heterocycles. The predicted octanol–water partition coefficient (Wildman–Crippen LogP) is 4.28. The topological polar surface area (TPSA) is 12.9 Å². The van der Waals surface area contributed by atoms with Gasteiger partial charge in [0.2, 0.25) is 0 Å². The van der Waals surface area contributed by atoms with Gasteiger partial charge in [0.05, 0.1) is 3.57 Å². The molecule has 0 bridgehead atoms. The van der Waals surface area contributed by atoms with E-state index in [9.17, 15) is 8.78 Å². The van der Waals surface area contributed by atoms with Crippen LogP contribution in [0.3, 0.4) is 0 Å². The second-order valence-electron chi connectivity index (χ2n) is 2.23. The van der Waals surface area contributed by atoms with Crippen LogP contribution in [0.25, 0.3) is 0 Å². The third-order valence-electron chi connectivity index (χ3n) is 1.48. The number of hydrogen-bond donors (Lipinski definition) is 0. The van der Waals surface area contributed by atoms with Crippen LogP contribution < -0.4 is 0 Å². The fourth-order valence-corrected chi connectivity index (χ4v) is 2.95. The third-order valence-corrected chi connectivity index (χ3v) is 4.55. The summed E-state index contributed by atoms with van der Waals surface area (Å²) in [4.78, 5) is 3.82. The maximum atomic E-state index is 12.4. The van der Waals surface area contributed by atoms with Crippen molar-refractivity contribution >= 4 is 54.5 Å². The molecule has 0 atom stereocenters. The van der Waals surface area contributed by atoms with Crippen molar-refractivity contribution in [1.29, 1.82) is 0 Å². The Morgan fingerprint density at radius 3 is 2.62 bits per heavy atom. The standard InChI is InChI=1S/C7H4Br2F2IN/c8-1-3-4(7(10)11)2-13-6(9)5(3)12/h2,7H,1H2. The number of hydrogen-bond acceptors (Lipinski definition) is 1. The molecule has 0 radical (unpaired) electrons. The minimum atomic E-state index is -2.47. The van der Waals surface area contributed by atoms with Crippen molar-refractivity contribution in [1.82, 2.24) is 4.98 Å². The molecular formula is C7H4Br2F2IN. The van der Waals surface area contributed by atoms with E-state index in [1.54, 1.807) is 0 Å². The molecule has 0 aliphatic rings. The maximum Gasteiger partial charge on any atom is 0.265 e. The van der Waals surface area contributed by atoms with E-state index < -0.39 is 6.43 Å². The van der Waals surface area contributed by atoms with Crippen LogP contribution in [-0.2, 0) is 5.33 Å². The first-order valence-electron chi connectivity index (χ1n) is 3.24. The summed E-state index contributed by atoms with van der Waals surface area (Å²) >= 11 is 8.35. The zero-order valence-corrected chi connectivity index (χ0v) is 11.5. The minimum absolute atomic E-state index is 0.00975. The molecule has 72 valence electrons. The zero-order chi connectivity index (χ0) is 10.0. The van der Waals surface area contributed by atoms with Crippen LogP contribution in [-0.4, -0.2) is 4.98 Å². The Morgan fingerprint density at radius 2 is 2.15 bits per heavy atom. The van der Waals surface area contributed by atoms with Gasteiger partial charge in [-0.2, -0.15) is 0 Å². The van der Waals surface area contributed by atoms with Gasteiger partial charge < -0.3 is 0 Å². The van der Waals surface area contributed by atoms with Crippen LogP contribution in [0.5, 0.6) is 0 Å². The molecule has 1 heterocycles. The summed E-state index contributed by atoms with van der Waals surface area (Å²) in [6.45, 7) is 0. The van der Waals surface area contributed by atoms with Crippen LogP contribution in [0.4, 0.5) is 8.78 Å². The lowest BCUT2D eigenvalue weighted by Gasteiger charge is -2.08. The number of rotatable bonds is 2. The third kappa shape index (κ3) is 2.59. The summed E-state index contributed by atoms with van der Waals surface area (Å²) in [5.41, 5.74) is 0.585. The Kier molecular flexibility index (Phi) is 4.50. The molecule has 0 aliphatic carbocycles. The van der Waals surface area contributed by atoms with Crippen molar-refractivity contribution in [2.24, 2.45) is 0 Å². The summed E-state index contributed by atoms with van der Waals surface area (Å²) in [6, 6.07) is 0. The number of aromatic nitrogens is 1. The van der Waals surface area contributed by atoms with Gasteiger partial charge in [0.1, 0.15) is 4.60 Å². The summed E-state index contributed by atoms with van der Waals surface area (Å²) in [5, 5.41) is 0.409. The Balaban J connectivity index is 3.30. The van der Waals surface area contributed by atoms with E-state index >= 15 is 0 Å². The average molecular weight is 427 g/mol. The molecular weight excluding hydrogens is 423 g/mol. The van der Waals surface area contributed by atoms with Crippen LogP contribution in [0.15, 0.2) is 10.8 Å². The molecule has 1 nitrogen and oxygen atoms in total. The SMILES string of the molecule is FC(F)c1cnc(Br)c(I)c1CBr. The summed E-state index contributed by atoms with van der Waals surface area (Å²) < 4.78 is 26.2. The molecule has 0 N–H and O–H groups in total. The molecule has 0 aliphatic heterocycles. The molecule has 0 saturated carbocycles. The number of alkyl halides is 3. The van der Waals surface area contributed by atoms with Gasteiger partial charge in [-0.05, 0) is 44.1 Å². The van der Waals surface area contributed by atoms with Crippen molar-refractivity contribution in [2.75, 3.05) is 0 Å². The highest BCUT2D eigenvalue weighted by atomic mass is 127. The molecule has 0 amide bonds. The molecule has 0 fully saturated rings. The lowest BCUT2D eigenvalue weighted by molar-refractivity contribution is 0.150. The van der Waals surface area contributed by atoms with E-state index in [0.717, 1.165) is 3.57 Å². The van der Waals surface area contributed by atoms with Crippen molar-refractivity contribution < 1.29 is 8.78 Å². The van der Waals surface area contributed by atoms with Gasteiger partial charge in [-0.15, -0.1) is 0 Å². The average Bonchev–Trinajstić information content (AvgIpc) is 2.09. The van der Waals surface area contributed by atoms with Gasteiger partial charge >= 0.3 is 0 Å². The highest BCUT2D eigenvalue weighted by Gasteiger charge is 2.16. The van der Waals surface area contributed by atoms with Crippen LogP contribution in [0, 0.1) is 3.57 Å². The number of nitrogens with zero attached hydrogens (tertiary/aromatic N) is 1. The number of halogens is 5. The Labute approximate surface area is 105 Å². The smallest absolute Gasteiger partial charge is 0.248 e. The molecule has 0 unspecified atom stereocenters. The molecule has 0 aromatic carbocycles. The molecule has 1 rings (SSSR count). The lowest BCUT2D eigenvalue weighted by atomic mass is 10.2. The first-order chi connectivity index (χ1) is 6.07. The molecule has 0 spiro atoms. The normalized spacial score (nSPS) is 10.9. The van der Waals surface area contributed by atoms with Crippen molar-refractivity contribution in [3.8, 4) is 0 Å². The van der Waals surface area contributed by atoms with E-state index in [-0.39, 0.29) is 5.56 Å². The van der Waals surface area contributed by atoms with Crippen molar-refractivity contribution in [3.05, 3.63) is 25.5 Å². The van der Waals surface area contributed by atoms with E-state index in [0.29, 0.717) is 15.5 Å². The Hall–Kier alpha value is 0.700. The van der Waals surface area contributed by atoms with E-state index in [1.807, 2.05) is 22.6 Å². The first-order valence-corrected chi connectivity index (χ1v) is 6.24. The maximum absolute atomic E-state index is 12.4. The summed E-state index contributed by atoms with van der Waals surface area (Å²) in [5.74, 6) is 0. The van der Waals surface area contributed by atoms with E-state index in [2.05, 4.69) is 36.8 Å². The van der Waals surface area contributed by atoms with Crippen LogP contribution in [0.2, 0.25) is 0 Å². The van der Waals surface area contributed by atoms with Crippen LogP contribution in [0.1, 0.15) is 17.6 Å². The monoisotopic (exact) mass is 425 g/mol. The van der Waals surface area contributed by atoms with Gasteiger partial charge in [-0.25, -0.2) is 13.8 Å². The largest absolute Gasteiger partial charge is 0.265 e.